The molecule has 0 aliphatic rings. The molecule has 9 heteroatoms. The summed E-state index contributed by atoms with van der Waals surface area (Å²) < 4.78 is 18.5. The number of nitrogens with one attached hydrogen (secondary N) is 4. The predicted octanol–water partition coefficient (Wildman–Crippen LogP) is 3.14. The molecule has 2 aromatic carbocycles. The van der Waals surface area contributed by atoms with Crippen molar-refractivity contribution in [2.24, 2.45) is 0 Å². The lowest BCUT2D eigenvalue weighted by atomic mass is 10.1. The molecule has 0 aliphatic heterocycles. The molecule has 1 unspecified atom stereocenters. The lowest BCUT2D eigenvalue weighted by Gasteiger charge is -2.08. The Bertz CT molecular complexity index is 1310. The number of aromatic nitrogens is 4. The van der Waals surface area contributed by atoms with Crippen LogP contribution in [0.4, 0.5) is 17.5 Å². The number of thiol groups is 1. The van der Waals surface area contributed by atoms with Gasteiger partial charge in [-0.25, -0.2) is 9.19 Å². The molecule has 0 aliphatic carbocycles. The summed E-state index contributed by atoms with van der Waals surface area (Å²) in [7, 11) is -0.330. The molecular formula is C20H17N7OS. The topological polar surface area (TPSA) is 119 Å². The largest absolute Gasteiger partial charge is 0.372 e. The van der Waals surface area contributed by atoms with Crippen molar-refractivity contribution in [3.05, 3.63) is 66.0 Å². The summed E-state index contributed by atoms with van der Waals surface area (Å²) >= 11 is 0. The highest BCUT2D eigenvalue weighted by Gasteiger charge is 2.06. The van der Waals surface area contributed by atoms with Crippen molar-refractivity contribution < 1.29 is 4.21 Å². The molecule has 8 nitrogen and oxygen atoms in total. The fraction of sp³-hybridized carbons (Fsp3) is 0.0500. The summed E-state index contributed by atoms with van der Waals surface area (Å²) in [6.07, 6.45) is 3.41. The van der Waals surface area contributed by atoms with E-state index in [2.05, 4.69) is 42.6 Å². The van der Waals surface area contributed by atoms with Crippen molar-refractivity contribution in [2.45, 2.75) is 4.90 Å². The van der Waals surface area contributed by atoms with E-state index in [1.165, 1.54) is 0 Å². The molecule has 29 heavy (non-hydrogen) atoms. The van der Waals surface area contributed by atoms with Gasteiger partial charge in [-0.3, -0.25) is 9.88 Å². The second kappa shape index (κ2) is 8.00. The third kappa shape index (κ3) is 4.02. The van der Waals surface area contributed by atoms with E-state index in [1.807, 2.05) is 18.2 Å². The van der Waals surface area contributed by atoms with Gasteiger partial charge in [0.05, 0.1) is 34.1 Å². The number of rotatable bonds is 4. The number of anilines is 3. The lowest BCUT2D eigenvalue weighted by Crippen LogP contribution is -2.03. The number of hydrogen-bond acceptors (Lipinski definition) is 7. The van der Waals surface area contributed by atoms with Crippen LogP contribution in [0.3, 0.4) is 0 Å². The van der Waals surface area contributed by atoms with Crippen molar-refractivity contribution in [1.29, 1.82) is 4.78 Å². The molecule has 2 heterocycles. The van der Waals surface area contributed by atoms with Gasteiger partial charge in [-0.05, 0) is 36.4 Å². The van der Waals surface area contributed by atoms with Crippen LogP contribution in [0.15, 0.2) is 59.8 Å². The standard InChI is InChI=1S/C20H17N7OS/c1-22-19-14(6-5-13-3-2-4-18-17(13)12-24-27-18)11-23-20(26-19)25-15-7-9-16(10-8-15)29(21)28/h2-4,7-12,21,29H,1H3,(H,24,27)(H2,22,23,25,26). The first-order chi connectivity index (χ1) is 14.1. The molecule has 0 radical (unpaired) electrons. The summed E-state index contributed by atoms with van der Waals surface area (Å²) in [4.78, 5) is 9.26. The molecule has 0 spiro atoms. The quantitative estimate of drug-likeness (QED) is 0.264. The number of hydrogen-bond donors (Lipinski definition) is 5. The van der Waals surface area contributed by atoms with E-state index in [9.17, 15) is 4.21 Å². The normalized spacial score (nSPS) is 11.5. The maximum atomic E-state index is 11.2. The summed E-state index contributed by atoms with van der Waals surface area (Å²) in [5.74, 6) is 7.27. The number of aromatic amines is 1. The van der Waals surface area contributed by atoms with Gasteiger partial charge in [0.1, 0.15) is 5.82 Å². The summed E-state index contributed by atoms with van der Waals surface area (Å²) in [5, 5.41) is 14.1. The first kappa shape index (κ1) is 18.5. The van der Waals surface area contributed by atoms with Crippen LogP contribution in [0, 0.1) is 16.6 Å². The smallest absolute Gasteiger partial charge is 0.229 e. The minimum absolute atomic E-state index is 0.403. The third-order valence-electron chi connectivity index (χ3n) is 4.20. The third-order valence-corrected chi connectivity index (χ3v) is 4.97. The second-order valence-corrected chi connectivity index (χ2v) is 7.16. The number of nitrogens with zero attached hydrogens (tertiary/aromatic N) is 3. The number of benzene rings is 2. The molecule has 4 rings (SSSR count). The minimum Gasteiger partial charge on any atom is -0.372 e. The molecule has 0 saturated heterocycles. The molecule has 1 atom stereocenters. The number of fused-ring (bicyclic) bond motifs is 1. The Morgan fingerprint density at radius 2 is 1.86 bits per heavy atom. The average Bonchev–Trinajstić information content (AvgIpc) is 3.22. The zero-order valence-corrected chi connectivity index (χ0v) is 16.3. The molecule has 4 aromatic rings. The van der Waals surface area contributed by atoms with Crippen molar-refractivity contribution in [1.82, 2.24) is 20.2 Å². The van der Waals surface area contributed by atoms with Crippen LogP contribution in [0.1, 0.15) is 11.1 Å². The van der Waals surface area contributed by atoms with Gasteiger partial charge in [0.25, 0.3) is 0 Å². The highest BCUT2D eigenvalue weighted by molar-refractivity contribution is 7.73. The van der Waals surface area contributed by atoms with Crippen LogP contribution in [-0.4, -0.2) is 31.4 Å². The van der Waals surface area contributed by atoms with Crippen molar-refractivity contribution >= 4 is 39.0 Å². The van der Waals surface area contributed by atoms with E-state index in [4.69, 9.17) is 4.78 Å². The molecule has 144 valence electrons. The molecule has 2 aromatic heterocycles. The maximum absolute atomic E-state index is 11.2. The van der Waals surface area contributed by atoms with Gasteiger partial charge in [0, 0.05) is 28.6 Å². The maximum Gasteiger partial charge on any atom is 0.229 e. The summed E-state index contributed by atoms with van der Waals surface area (Å²) in [6.45, 7) is 0. The van der Waals surface area contributed by atoms with Crippen LogP contribution in [0.25, 0.3) is 10.9 Å². The second-order valence-electron chi connectivity index (χ2n) is 6.06. The highest BCUT2D eigenvalue weighted by Crippen LogP contribution is 2.19. The zero-order valence-electron chi connectivity index (χ0n) is 15.4. The Kier molecular flexibility index (Phi) is 5.09. The zero-order chi connectivity index (χ0) is 20.2. The first-order valence-corrected chi connectivity index (χ1v) is 9.94. The summed E-state index contributed by atoms with van der Waals surface area (Å²) in [5.41, 5.74) is 3.20. The SMILES string of the molecule is CNc1nc(Nc2ccc([SH](=N)=O)cc2)ncc1C#Cc1cccc2[nH]ncc12. The van der Waals surface area contributed by atoms with Gasteiger partial charge in [0.15, 0.2) is 0 Å². The van der Waals surface area contributed by atoms with Crippen LogP contribution in [0.5, 0.6) is 0 Å². The van der Waals surface area contributed by atoms with E-state index in [-0.39, 0.29) is 0 Å². The Hall–Kier alpha value is -3.90. The number of H-pyrrole nitrogens is 1. The van der Waals surface area contributed by atoms with Gasteiger partial charge in [-0.1, -0.05) is 17.9 Å². The van der Waals surface area contributed by atoms with Gasteiger partial charge in [0.2, 0.25) is 5.95 Å². The van der Waals surface area contributed by atoms with Crippen LogP contribution in [-0.2, 0) is 10.6 Å². The monoisotopic (exact) mass is 403 g/mol. The molecule has 0 fully saturated rings. The van der Waals surface area contributed by atoms with Gasteiger partial charge in [-0.2, -0.15) is 10.1 Å². The Labute approximate surface area is 168 Å². The highest BCUT2D eigenvalue weighted by atomic mass is 32.2. The minimum atomic E-state index is -2.10. The van der Waals surface area contributed by atoms with E-state index in [0.717, 1.165) is 22.2 Å². The fourth-order valence-electron chi connectivity index (χ4n) is 2.75. The van der Waals surface area contributed by atoms with Crippen LogP contribution < -0.4 is 10.6 Å². The lowest BCUT2D eigenvalue weighted by molar-refractivity contribution is 0.687. The van der Waals surface area contributed by atoms with Gasteiger partial charge in [-0.15, -0.1) is 0 Å². The Morgan fingerprint density at radius 1 is 1.07 bits per heavy atom. The molecule has 4 N–H and O–H groups in total. The van der Waals surface area contributed by atoms with Crippen LogP contribution >= 0.6 is 0 Å². The van der Waals surface area contributed by atoms with Crippen LogP contribution in [0.2, 0.25) is 0 Å². The van der Waals surface area contributed by atoms with Crippen molar-refractivity contribution in [3.8, 4) is 11.8 Å². The Morgan fingerprint density at radius 3 is 2.62 bits per heavy atom. The molecule has 0 saturated carbocycles. The molecule has 0 amide bonds. The van der Waals surface area contributed by atoms with E-state index in [0.29, 0.717) is 22.2 Å². The molecular weight excluding hydrogens is 386 g/mol. The van der Waals surface area contributed by atoms with E-state index >= 15 is 0 Å². The van der Waals surface area contributed by atoms with Crippen molar-refractivity contribution in [2.75, 3.05) is 17.7 Å². The van der Waals surface area contributed by atoms with E-state index < -0.39 is 10.6 Å². The summed E-state index contributed by atoms with van der Waals surface area (Å²) in [6, 6.07) is 12.6. The predicted molar refractivity (Wildman–Crippen MR) is 114 cm³/mol. The van der Waals surface area contributed by atoms with Gasteiger partial charge < -0.3 is 10.6 Å². The first-order valence-electron chi connectivity index (χ1n) is 8.68. The van der Waals surface area contributed by atoms with E-state index in [1.54, 1.807) is 43.7 Å². The molecule has 0 bridgehead atoms. The average molecular weight is 403 g/mol. The Balaban J connectivity index is 1.60. The fourth-order valence-corrected chi connectivity index (χ4v) is 3.17. The van der Waals surface area contributed by atoms with Crippen molar-refractivity contribution in [3.63, 3.8) is 0 Å². The van der Waals surface area contributed by atoms with Gasteiger partial charge >= 0.3 is 0 Å².